The molecule has 0 bridgehead atoms. The summed E-state index contributed by atoms with van der Waals surface area (Å²) in [6.07, 6.45) is 3.90. The van der Waals surface area contributed by atoms with Crippen molar-refractivity contribution in [3.05, 3.63) is 0 Å². The number of methoxy groups -OCH3 is 1. The second-order valence-electron chi connectivity index (χ2n) is 5.31. The molecule has 18 heavy (non-hydrogen) atoms. The molecule has 0 aromatic rings. The molecular weight excluding hydrogens is 228 g/mol. The Morgan fingerprint density at radius 2 is 2.17 bits per heavy atom. The molecule has 0 saturated heterocycles. The van der Waals surface area contributed by atoms with Crippen molar-refractivity contribution in [2.45, 2.75) is 32.2 Å². The topological polar surface area (TPSA) is 33.7 Å². The lowest BCUT2D eigenvalue weighted by atomic mass is 10.2. The van der Waals surface area contributed by atoms with Crippen molar-refractivity contribution in [3.63, 3.8) is 0 Å². The summed E-state index contributed by atoms with van der Waals surface area (Å²) in [6, 6.07) is 0.436. The van der Waals surface area contributed by atoms with Gasteiger partial charge in [0.15, 0.2) is 0 Å². The highest BCUT2D eigenvalue weighted by molar-refractivity contribution is 4.73. The fraction of sp³-hybridized carbons (Fsp3) is 1.00. The molecule has 1 rings (SSSR count). The summed E-state index contributed by atoms with van der Waals surface area (Å²) < 4.78 is 11.0. The first kappa shape index (κ1) is 15.9. The Balaban J connectivity index is 2.08. The third kappa shape index (κ3) is 7.31. The largest absolute Gasteiger partial charge is 0.383 e. The van der Waals surface area contributed by atoms with E-state index in [1.54, 1.807) is 7.11 Å². The summed E-state index contributed by atoms with van der Waals surface area (Å²) >= 11 is 0. The molecule has 4 heteroatoms. The number of ether oxygens (including phenoxy) is 2. The number of hydrogen-bond acceptors (Lipinski definition) is 4. The van der Waals surface area contributed by atoms with Crippen molar-refractivity contribution in [2.75, 3.05) is 53.6 Å². The van der Waals surface area contributed by atoms with E-state index in [9.17, 15) is 0 Å². The molecule has 4 nitrogen and oxygen atoms in total. The van der Waals surface area contributed by atoms with Crippen LogP contribution in [0.15, 0.2) is 0 Å². The molecule has 0 amide bonds. The summed E-state index contributed by atoms with van der Waals surface area (Å²) in [5.74, 6) is 0.858. The Bertz CT molecular complexity index is 198. The molecule has 1 aliphatic rings. The van der Waals surface area contributed by atoms with Crippen LogP contribution in [0.5, 0.6) is 0 Å². The van der Waals surface area contributed by atoms with Crippen LogP contribution in [0.2, 0.25) is 0 Å². The van der Waals surface area contributed by atoms with Crippen molar-refractivity contribution in [2.24, 2.45) is 5.92 Å². The van der Waals surface area contributed by atoms with Crippen LogP contribution in [-0.4, -0.2) is 64.6 Å². The molecule has 0 aliphatic heterocycles. The van der Waals surface area contributed by atoms with Crippen molar-refractivity contribution in [1.29, 1.82) is 0 Å². The first-order valence-corrected chi connectivity index (χ1v) is 7.25. The van der Waals surface area contributed by atoms with Gasteiger partial charge in [0, 0.05) is 32.8 Å². The second-order valence-corrected chi connectivity index (χ2v) is 5.31. The van der Waals surface area contributed by atoms with Crippen LogP contribution in [0.3, 0.4) is 0 Å². The average molecular weight is 258 g/mol. The number of nitrogens with zero attached hydrogens (tertiary/aromatic N) is 1. The summed E-state index contributed by atoms with van der Waals surface area (Å²) in [7, 11) is 3.92. The van der Waals surface area contributed by atoms with Gasteiger partial charge in [0.2, 0.25) is 0 Å². The maximum Gasteiger partial charge on any atom is 0.0630 e. The zero-order valence-electron chi connectivity index (χ0n) is 12.3. The number of hydrogen-bond donors (Lipinski definition) is 1. The van der Waals surface area contributed by atoms with Gasteiger partial charge in [-0.05, 0) is 38.8 Å². The summed E-state index contributed by atoms with van der Waals surface area (Å²) in [5, 5.41) is 3.46. The second kappa shape index (κ2) is 9.73. The minimum Gasteiger partial charge on any atom is -0.383 e. The highest BCUT2D eigenvalue weighted by atomic mass is 16.5. The molecule has 1 saturated carbocycles. The predicted octanol–water partition coefficient (Wildman–Crippen LogP) is 1.36. The van der Waals surface area contributed by atoms with Gasteiger partial charge >= 0.3 is 0 Å². The van der Waals surface area contributed by atoms with E-state index in [0.717, 1.165) is 45.4 Å². The van der Waals surface area contributed by atoms with E-state index < -0.39 is 0 Å². The standard InChI is InChI=1S/C14H30N2O2/c1-4-7-15-10-14(12-17-3)16(2)8-9-18-11-13-5-6-13/h13-15H,4-12H2,1-3H3. The van der Waals surface area contributed by atoms with Crippen LogP contribution in [0.1, 0.15) is 26.2 Å². The summed E-state index contributed by atoms with van der Waals surface area (Å²) in [5.41, 5.74) is 0. The van der Waals surface area contributed by atoms with Gasteiger partial charge in [0.1, 0.15) is 0 Å². The minimum absolute atomic E-state index is 0.436. The fourth-order valence-corrected chi connectivity index (χ4v) is 1.91. The van der Waals surface area contributed by atoms with Crippen molar-refractivity contribution in [3.8, 4) is 0 Å². The Morgan fingerprint density at radius 1 is 1.39 bits per heavy atom. The molecule has 1 aliphatic carbocycles. The molecular formula is C14H30N2O2. The van der Waals surface area contributed by atoms with Gasteiger partial charge in [0.25, 0.3) is 0 Å². The Morgan fingerprint density at radius 3 is 2.78 bits per heavy atom. The third-order valence-electron chi connectivity index (χ3n) is 3.43. The van der Waals surface area contributed by atoms with E-state index in [1.165, 1.54) is 19.3 Å². The van der Waals surface area contributed by atoms with Crippen LogP contribution in [0.4, 0.5) is 0 Å². The van der Waals surface area contributed by atoms with E-state index >= 15 is 0 Å². The zero-order chi connectivity index (χ0) is 13.2. The first-order valence-electron chi connectivity index (χ1n) is 7.25. The maximum absolute atomic E-state index is 5.68. The molecule has 1 atom stereocenters. The van der Waals surface area contributed by atoms with Crippen LogP contribution < -0.4 is 5.32 Å². The molecule has 108 valence electrons. The highest BCUT2D eigenvalue weighted by Gasteiger charge is 2.21. The molecule has 1 N–H and O–H groups in total. The average Bonchev–Trinajstić information content (AvgIpc) is 3.17. The monoisotopic (exact) mass is 258 g/mol. The molecule has 1 fully saturated rings. The minimum atomic E-state index is 0.436. The van der Waals surface area contributed by atoms with E-state index in [2.05, 4.69) is 24.2 Å². The van der Waals surface area contributed by atoms with Gasteiger partial charge in [-0.3, -0.25) is 4.90 Å². The molecule has 0 aromatic carbocycles. The van der Waals surface area contributed by atoms with Crippen LogP contribution in [0, 0.1) is 5.92 Å². The van der Waals surface area contributed by atoms with Crippen molar-refractivity contribution in [1.82, 2.24) is 10.2 Å². The van der Waals surface area contributed by atoms with Crippen molar-refractivity contribution >= 4 is 0 Å². The Kier molecular flexibility index (Phi) is 8.59. The van der Waals surface area contributed by atoms with Gasteiger partial charge in [-0.25, -0.2) is 0 Å². The summed E-state index contributed by atoms with van der Waals surface area (Å²) in [6.45, 7) is 7.79. The summed E-state index contributed by atoms with van der Waals surface area (Å²) in [4.78, 5) is 2.33. The number of rotatable bonds is 12. The lowest BCUT2D eigenvalue weighted by Crippen LogP contribution is -2.44. The molecule has 0 heterocycles. The lowest BCUT2D eigenvalue weighted by molar-refractivity contribution is 0.0645. The van der Waals surface area contributed by atoms with E-state index in [-0.39, 0.29) is 0 Å². The number of likely N-dealkylation sites (N-methyl/N-ethyl adjacent to an activating group) is 1. The maximum atomic E-state index is 5.68. The van der Waals surface area contributed by atoms with E-state index in [4.69, 9.17) is 9.47 Å². The normalized spacial score (nSPS) is 17.3. The first-order chi connectivity index (χ1) is 8.77. The lowest BCUT2D eigenvalue weighted by Gasteiger charge is -2.27. The van der Waals surface area contributed by atoms with Gasteiger partial charge in [0.05, 0.1) is 13.2 Å². The smallest absolute Gasteiger partial charge is 0.0630 e. The Labute approximate surface area is 112 Å². The molecule has 0 aromatic heterocycles. The Hall–Kier alpha value is -0.160. The van der Waals surface area contributed by atoms with Crippen LogP contribution in [0.25, 0.3) is 0 Å². The quantitative estimate of drug-likeness (QED) is 0.536. The van der Waals surface area contributed by atoms with Gasteiger partial charge in [-0.15, -0.1) is 0 Å². The molecule has 0 radical (unpaired) electrons. The van der Waals surface area contributed by atoms with Gasteiger partial charge < -0.3 is 14.8 Å². The van der Waals surface area contributed by atoms with Gasteiger partial charge in [-0.1, -0.05) is 6.92 Å². The van der Waals surface area contributed by atoms with Gasteiger partial charge in [-0.2, -0.15) is 0 Å². The van der Waals surface area contributed by atoms with Crippen LogP contribution >= 0.6 is 0 Å². The zero-order valence-corrected chi connectivity index (χ0v) is 12.3. The van der Waals surface area contributed by atoms with Crippen LogP contribution in [-0.2, 0) is 9.47 Å². The SMILES string of the molecule is CCCNCC(COC)N(C)CCOCC1CC1. The van der Waals surface area contributed by atoms with Crippen molar-refractivity contribution < 1.29 is 9.47 Å². The molecule has 1 unspecified atom stereocenters. The van der Waals surface area contributed by atoms with E-state index in [1.807, 2.05) is 0 Å². The molecule has 0 spiro atoms. The van der Waals surface area contributed by atoms with E-state index in [0.29, 0.717) is 6.04 Å². The predicted molar refractivity (Wildman–Crippen MR) is 75.0 cm³/mol. The fourth-order valence-electron chi connectivity index (χ4n) is 1.91. The number of nitrogens with one attached hydrogen (secondary N) is 1. The third-order valence-corrected chi connectivity index (χ3v) is 3.43. The highest BCUT2D eigenvalue weighted by Crippen LogP contribution is 2.28.